The van der Waals surface area contributed by atoms with Gasteiger partial charge < -0.3 is 4.74 Å². The molecular weight excluding hydrogens is 180 g/mol. The standard InChI is InChI=1S/C10H16N2O2/c1-2-3-4-5-6-14-9-7-10(13)12-11-8-9/h7-8H,2-6H2,1H3,(H,12,13). The van der Waals surface area contributed by atoms with Crippen LogP contribution in [-0.4, -0.2) is 16.8 Å². The Kier molecular flexibility index (Phi) is 4.75. The fourth-order valence-corrected chi connectivity index (χ4v) is 1.16. The maximum Gasteiger partial charge on any atom is 0.267 e. The van der Waals surface area contributed by atoms with E-state index in [0.29, 0.717) is 12.4 Å². The predicted octanol–water partition coefficient (Wildman–Crippen LogP) is 1.73. The van der Waals surface area contributed by atoms with Crippen LogP contribution in [0.1, 0.15) is 32.6 Å². The molecule has 1 heterocycles. The Morgan fingerprint density at radius 1 is 1.43 bits per heavy atom. The molecule has 14 heavy (non-hydrogen) atoms. The van der Waals surface area contributed by atoms with E-state index in [-0.39, 0.29) is 5.56 Å². The Morgan fingerprint density at radius 3 is 3.00 bits per heavy atom. The van der Waals surface area contributed by atoms with E-state index in [1.54, 1.807) is 0 Å². The van der Waals surface area contributed by atoms with Gasteiger partial charge in [0, 0.05) is 6.07 Å². The number of nitrogens with one attached hydrogen (secondary N) is 1. The van der Waals surface area contributed by atoms with Crippen molar-refractivity contribution in [2.45, 2.75) is 32.6 Å². The van der Waals surface area contributed by atoms with E-state index in [1.165, 1.54) is 31.5 Å². The van der Waals surface area contributed by atoms with Crippen molar-refractivity contribution in [2.24, 2.45) is 0 Å². The van der Waals surface area contributed by atoms with Crippen molar-refractivity contribution in [3.63, 3.8) is 0 Å². The highest BCUT2D eigenvalue weighted by Crippen LogP contribution is 2.05. The van der Waals surface area contributed by atoms with Gasteiger partial charge in [0.1, 0.15) is 5.75 Å². The summed E-state index contributed by atoms with van der Waals surface area (Å²) in [5.74, 6) is 0.547. The van der Waals surface area contributed by atoms with Crippen LogP contribution in [0.15, 0.2) is 17.1 Å². The fourth-order valence-electron chi connectivity index (χ4n) is 1.16. The Labute approximate surface area is 83.3 Å². The summed E-state index contributed by atoms with van der Waals surface area (Å²) in [6, 6.07) is 1.41. The highest BCUT2D eigenvalue weighted by Gasteiger charge is 1.94. The molecule has 0 fully saturated rings. The second-order valence-electron chi connectivity index (χ2n) is 3.19. The summed E-state index contributed by atoms with van der Waals surface area (Å²) in [6.45, 7) is 2.83. The lowest BCUT2D eigenvalue weighted by molar-refractivity contribution is 0.303. The zero-order valence-corrected chi connectivity index (χ0v) is 8.45. The monoisotopic (exact) mass is 196 g/mol. The van der Waals surface area contributed by atoms with Crippen LogP contribution in [0.2, 0.25) is 0 Å². The number of aromatic nitrogens is 2. The van der Waals surface area contributed by atoms with Gasteiger partial charge in [0.25, 0.3) is 5.56 Å². The molecule has 4 nitrogen and oxygen atoms in total. The van der Waals surface area contributed by atoms with Crippen LogP contribution < -0.4 is 10.3 Å². The van der Waals surface area contributed by atoms with Crippen molar-refractivity contribution >= 4 is 0 Å². The largest absolute Gasteiger partial charge is 0.492 e. The summed E-state index contributed by atoms with van der Waals surface area (Å²) in [4.78, 5) is 10.8. The molecule has 0 saturated heterocycles. The van der Waals surface area contributed by atoms with Gasteiger partial charge in [-0.05, 0) is 6.42 Å². The van der Waals surface area contributed by atoms with Gasteiger partial charge in [0.15, 0.2) is 0 Å². The van der Waals surface area contributed by atoms with Gasteiger partial charge in [-0.2, -0.15) is 5.10 Å². The molecule has 0 atom stereocenters. The van der Waals surface area contributed by atoms with Crippen molar-refractivity contribution in [3.8, 4) is 5.75 Å². The molecule has 1 N–H and O–H groups in total. The molecule has 0 aliphatic heterocycles. The summed E-state index contributed by atoms with van der Waals surface area (Å²) in [7, 11) is 0. The van der Waals surface area contributed by atoms with Crippen LogP contribution in [0.3, 0.4) is 0 Å². The van der Waals surface area contributed by atoms with Crippen molar-refractivity contribution in [1.82, 2.24) is 10.2 Å². The lowest BCUT2D eigenvalue weighted by Gasteiger charge is -2.03. The molecule has 1 rings (SSSR count). The number of hydrogen-bond donors (Lipinski definition) is 1. The highest BCUT2D eigenvalue weighted by molar-refractivity contribution is 5.12. The van der Waals surface area contributed by atoms with E-state index >= 15 is 0 Å². The molecule has 0 saturated carbocycles. The predicted molar refractivity (Wildman–Crippen MR) is 54.5 cm³/mol. The van der Waals surface area contributed by atoms with E-state index in [4.69, 9.17) is 4.74 Å². The van der Waals surface area contributed by atoms with Crippen molar-refractivity contribution < 1.29 is 4.74 Å². The van der Waals surface area contributed by atoms with Gasteiger partial charge >= 0.3 is 0 Å². The molecule has 78 valence electrons. The molecule has 0 unspecified atom stereocenters. The van der Waals surface area contributed by atoms with Gasteiger partial charge in [0.2, 0.25) is 0 Å². The first-order chi connectivity index (χ1) is 6.83. The molecule has 0 aromatic carbocycles. The Hall–Kier alpha value is -1.32. The minimum atomic E-state index is -0.226. The second-order valence-corrected chi connectivity index (χ2v) is 3.19. The summed E-state index contributed by atoms with van der Waals surface area (Å²) in [5, 5.41) is 5.93. The third kappa shape index (κ3) is 4.07. The van der Waals surface area contributed by atoms with Gasteiger partial charge in [-0.3, -0.25) is 4.79 Å². The molecule has 0 radical (unpaired) electrons. The number of unbranched alkanes of at least 4 members (excludes halogenated alkanes) is 3. The number of nitrogens with zero attached hydrogens (tertiary/aromatic N) is 1. The SMILES string of the molecule is CCCCCCOc1cn[nH]c(=O)c1. The zero-order chi connectivity index (χ0) is 10.2. The normalized spacial score (nSPS) is 10.1. The first-order valence-corrected chi connectivity index (χ1v) is 5.00. The van der Waals surface area contributed by atoms with Crippen LogP contribution in [0.25, 0.3) is 0 Å². The van der Waals surface area contributed by atoms with Gasteiger partial charge in [-0.15, -0.1) is 0 Å². The summed E-state index contributed by atoms with van der Waals surface area (Å²) >= 11 is 0. The molecule has 4 heteroatoms. The first kappa shape index (κ1) is 10.8. The van der Waals surface area contributed by atoms with Crippen LogP contribution in [0.5, 0.6) is 5.75 Å². The van der Waals surface area contributed by atoms with Gasteiger partial charge in [-0.25, -0.2) is 5.10 Å². The number of ether oxygens (including phenoxy) is 1. The third-order valence-electron chi connectivity index (χ3n) is 1.91. The summed E-state index contributed by atoms with van der Waals surface area (Å²) < 4.78 is 5.35. The minimum absolute atomic E-state index is 0.226. The molecule has 1 aromatic rings. The quantitative estimate of drug-likeness (QED) is 0.705. The molecule has 0 spiro atoms. The van der Waals surface area contributed by atoms with Crippen LogP contribution in [0.4, 0.5) is 0 Å². The second kappa shape index (κ2) is 6.18. The average Bonchev–Trinajstić information content (AvgIpc) is 2.18. The molecule has 0 amide bonds. The Balaban J connectivity index is 2.21. The topological polar surface area (TPSA) is 55.0 Å². The first-order valence-electron chi connectivity index (χ1n) is 5.00. The highest BCUT2D eigenvalue weighted by atomic mass is 16.5. The lowest BCUT2D eigenvalue weighted by Crippen LogP contribution is -2.07. The van der Waals surface area contributed by atoms with E-state index in [2.05, 4.69) is 17.1 Å². The third-order valence-corrected chi connectivity index (χ3v) is 1.91. The van der Waals surface area contributed by atoms with Gasteiger partial charge in [0.05, 0.1) is 12.8 Å². The molecular formula is C10H16N2O2. The number of H-pyrrole nitrogens is 1. The molecule has 0 aliphatic carbocycles. The van der Waals surface area contributed by atoms with Crippen LogP contribution in [0, 0.1) is 0 Å². The fraction of sp³-hybridized carbons (Fsp3) is 0.600. The van der Waals surface area contributed by atoms with E-state index in [1.807, 2.05) is 0 Å². The van der Waals surface area contributed by atoms with Crippen LogP contribution in [-0.2, 0) is 0 Å². The number of hydrogen-bond acceptors (Lipinski definition) is 3. The summed E-state index contributed by atoms with van der Waals surface area (Å²) in [6.07, 6.45) is 6.17. The van der Waals surface area contributed by atoms with Crippen molar-refractivity contribution in [2.75, 3.05) is 6.61 Å². The average molecular weight is 196 g/mol. The maximum atomic E-state index is 10.8. The minimum Gasteiger partial charge on any atom is -0.492 e. The Morgan fingerprint density at radius 2 is 2.29 bits per heavy atom. The molecule has 0 bridgehead atoms. The number of rotatable bonds is 6. The zero-order valence-electron chi connectivity index (χ0n) is 8.45. The lowest BCUT2D eigenvalue weighted by atomic mass is 10.2. The maximum absolute atomic E-state index is 10.8. The van der Waals surface area contributed by atoms with E-state index < -0.39 is 0 Å². The van der Waals surface area contributed by atoms with Gasteiger partial charge in [-0.1, -0.05) is 26.2 Å². The van der Waals surface area contributed by atoms with Crippen molar-refractivity contribution in [1.29, 1.82) is 0 Å². The van der Waals surface area contributed by atoms with E-state index in [9.17, 15) is 4.79 Å². The molecule has 1 aromatic heterocycles. The molecule has 0 aliphatic rings. The van der Waals surface area contributed by atoms with E-state index in [0.717, 1.165) is 6.42 Å². The number of aromatic amines is 1. The Bertz CT molecular complexity index is 309. The summed E-state index contributed by atoms with van der Waals surface area (Å²) in [5.41, 5.74) is -0.226. The van der Waals surface area contributed by atoms with Crippen molar-refractivity contribution in [3.05, 3.63) is 22.6 Å². The van der Waals surface area contributed by atoms with Crippen LogP contribution >= 0.6 is 0 Å². The smallest absolute Gasteiger partial charge is 0.267 e.